The van der Waals surface area contributed by atoms with Crippen LogP contribution in [0.2, 0.25) is 0 Å². The van der Waals surface area contributed by atoms with Gasteiger partial charge in [-0.1, -0.05) is 31.2 Å². The fourth-order valence-electron chi connectivity index (χ4n) is 2.12. The molecule has 2 rings (SSSR count). The van der Waals surface area contributed by atoms with Gasteiger partial charge in [-0.3, -0.25) is 4.79 Å². The Morgan fingerprint density at radius 3 is 2.68 bits per heavy atom. The number of benzene rings is 2. The molecule has 0 bridgehead atoms. The van der Waals surface area contributed by atoms with Crippen molar-refractivity contribution in [1.82, 2.24) is 0 Å². The molecule has 0 heterocycles. The first-order chi connectivity index (χ1) is 10.7. The third kappa shape index (κ3) is 4.90. The van der Waals surface area contributed by atoms with Crippen LogP contribution >= 0.6 is 0 Å². The van der Waals surface area contributed by atoms with E-state index in [1.54, 1.807) is 0 Å². The molecule has 0 aliphatic carbocycles. The Morgan fingerprint density at radius 1 is 1.14 bits per heavy atom. The number of ether oxygens (including phenoxy) is 1. The third-order valence-corrected chi connectivity index (χ3v) is 3.35. The lowest BCUT2D eigenvalue weighted by molar-refractivity contribution is -0.116. The Morgan fingerprint density at radius 2 is 1.91 bits per heavy atom. The van der Waals surface area contributed by atoms with E-state index in [4.69, 9.17) is 10.5 Å². The molecule has 4 nitrogen and oxygen atoms in total. The highest BCUT2D eigenvalue weighted by atomic mass is 16.5. The standard InChI is InChI=1S/C18H22N2O2/c1-2-14-5-4-8-17(12-14)22-10-9-18(21)20-16-7-3-6-15(11-16)13-19/h3-8,11-12H,2,9-10,13,19H2,1H3,(H,20,21). The van der Waals surface area contributed by atoms with E-state index in [1.165, 1.54) is 5.56 Å². The van der Waals surface area contributed by atoms with Crippen molar-refractivity contribution in [3.8, 4) is 5.75 Å². The number of carbonyl (C=O) groups is 1. The summed E-state index contributed by atoms with van der Waals surface area (Å²) in [5.41, 5.74) is 8.56. The number of anilines is 1. The lowest BCUT2D eigenvalue weighted by Crippen LogP contribution is -2.15. The van der Waals surface area contributed by atoms with Gasteiger partial charge in [0.2, 0.25) is 5.91 Å². The van der Waals surface area contributed by atoms with E-state index in [9.17, 15) is 4.79 Å². The lowest BCUT2D eigenvalue weighted by Gasteiger charge is -2.09. The quantitative estimate of drug-likeness (QED) is 0.825. The van der Waals surface area contributed by atoms with Gasteiger partial charge in [0.25, 0.3) is 0 Å². The molecule has 0 saturated heterocycles. The molecule has 0 aromatic heterocycles. The van der Waals surface area contributed by atoms with Crippen molar-refractivity contribution < 1.29 is 9.53 Å². The zero-order chi connectivity index (χ0) is 15.8. The summed E-state index contributed by atoms with van der Waals surface area (Å²) >= 11 is 0. The van der Waals surface area contributed by atoms with Crippen molar-refractivity contribution in [3.63, 3.8) is 0 Å². The fourth-order valence-corrected chi connectivity index (χ4v) is 2.12. The largest absolute Gasteiger partial charge is 0.493 e. The van der Waals surface area contributed by atoms with Gasteiger partial charge >= 0.3 is 0 Å². The van der Waals surface area contributed by atoms with Crippen molar-refractivity contribution in [3.05, 3.63) is 59.7 Å². The summed E-state index contributed by atoms with van der Waals surface area (Å²) in [5, 5.41) is 2.85. The van der Waals surface area contributed by atoms with E-state index in [0.29, 0.717) is 19.6 Å². The molecular formula is C18H22N2O2. The first-order valence-electron chi connectivity index (χ1n) is 7.52. The molecule has 0 spiro atoms. The Labute approximate surface area is 131 Å². The number of amides is 1. The molecule has 1 amide bonds. The maximum absolute atomic E-state index is 11.9. The van der Waals surface area contributed by atoms with Crippen LogP contribution in [0.3, 0.4) is 0 Å². The summed E-state index contributed by atoms with van der Waals surface area (Å²) in [7, 11) is 0. The third-order valence-electron chi connectivity index (χ3n) is 3.35. The normalized spacial score (nSPS) is 10.3. The van der Waals surface area contributed by atoms with Gasteiger partial charge in [-0.2, -0.15) is 0 Å². The first kappa shape index (κ1) is 16.0. The van der Waals surface area contributed by atoms with Crippen LogP contribution < -0.4 is 15.8 Å². The zero-order valence-corrected chi connectivity index (χ0v) is 12.8. The van der Waals surface area contributed by atoms with E-state index in [1.807, 2.05) is 42.5 Å². The lowest BCUT2D eigenvalue weighted by atomic mass is 10.2. The van der Waals surface area contributed by atoms with E-state index in [0.717, 1.165) is 23.4 Å². The van der Waals surface area contributed by atoms with E-state index < -0.39 is 0 Å². The van der Waals surface area contributed by atoms with Gasteiger partial charge in [0, 0.05) is 12.2 Å². The van der Waals surface area contributed by atoms with Gasteiger partial charge in [0.15, 0.2) is 0 Å². The van der Waals surface area contributed by atoms with Gasteiger partial charge in [-0.25, -0.2) is 0 Å². The molecule has 3 N–H and O–H groups in total. The highest BCUT2D eigenvalue weighted by molar-refractivity contribution is 5.90. The predicted octanol–water partition coefficient (Wildman–Crippen LogP) is 3.12. The van der Waals surface area contributed by atoms with Crippen LogP contribution in [-0.4, -0.2) is 12.5 Å². The molecule has 2 aromatic rings. The second-order valence-corrected chi connectivity index (χ2v) is 5.05. The SMILES string of the molecule is CCc1cccc(OCCC(=O)Nc2cccc(CN)c2)c1. The summed E-state index contributed by atoms with van der Waals surface area (Å²) in [6, 6.07) is 15.5. The molecule has 0 unspecified atom stereocenters. The van der Waals surface area contributed by atoms with Gasteiger partial charge in [0.1, 0.15) is 5.75 Å². The van der Waals surface area contributed by atoms with E-state index in [-0.39, 0.29) is 5.91 Å². The summed E-state index contributed by atoms with van der Waals surface area (Å²) in [5.74, 6) is 0.734. The molecule has 0 atom stereocenters. The minimum Gasteiger partial charge on any atom is -0.493 e. The number of nitrogens with one attached hydrogen (secondary N) is 1. The minimum absolute atomic E-state index is 0.0687. The molecule has 22 heavy (non-hydrogen) atoms. The van der Waals surface area contributed by atoms with Gasteiger partial charge in [0.05, 0.1) is 13.0 Å². The summed E-state index contributed by atoms with van der Waals surface area (Å²) in [6.07, 6.45) is 1.28. The maximum atomic E-state index is 11.9. The van der Waals surface area contributed by atoms with Crippen LogP contribution in [0, 0.1) is 0 Å². The molecule has 0 radical (unpaired) electrons. The fraction of sp³-hybridized carbons (Fsp3) is 0.278. The zero-order valence-electron chi connectivity index (χ0n) is 12.8. The molecule has 4 heteroatoms. The Hall–Kier alpha value is -2.33. The second kappa shape index (κ2) is 8.20. The van der Waals surface area contributed by atoms with Crippen molar-refractivity contribution in [1.29, 1.82) is 0 Å². The average molecular weight is 298 g/mol. The summed E-state index contributed by atoms with van der Waals surface area (Å²) < 4.78 is 5.62. The number of nitrogens with two attached hydrogens (primary N) is 1. The first-order valence-corrected chi connectivity index (χ1v) is 7.52. The van der Waals surface area contributed by atoms with Crippen LogP contribution in [0.1, 0.15) is 24.5 Å². The number of hydrogen-bond donors (Lipinski definition) is 2. The van der Waals surface area contributed by atoms with E-state index >= 15 is 0 Å². The molecule has 2 aromatic carbocycles. The second-order valence-electron chi connectivity index (χ2n) is 5.05. The van der Waals surface area contributed by atoms with Gasteiger partial charge < -0.3 is 15.8 Å². The van der Waals surface area contributed by atoms with Crippen molar-refractivity contribution in [2.24, 2.45) is 5.73 Å². The maximum Gasteiger partial charge on any atom is 0.227 e. The van der Waals surface area contributed by atoms with Crippen molar-refractivity contribution in [2.45, 2.75) is 26.3 Å². The van der Waals surface area contributed by atoms with Gasteiger partial charge in [-0.05, 0) is 41.8 Å². The smallest absolute Gasteiger partial charge is 0.227 e. The predicted molar refractivity (Wildman–Crippen MR) is 88.9 cm³/mol. The molecule has 116 valence electrons. The topological polar surface area (TPSA) is 64.3 Å². The summed E-state index contributed by atoms with van der Waals surface area (Å²) in [4.78, 5) is 11.9. The van der Waals surface area contributed by atoms with Crippen LogP contribution in [0.15, 0.2) is 48.5 Å². The monoisotopic (exact) mass is 298 g/mol. The van der Waals surface area contributed by atoms with Crippen LogP contribution in [0.5, 0.6) is 5.75 Å². The Bertz CT molecular complexity index is 626. The van der Waals surface area contributed by atoms with E-state index in [2.05, 4.69) is 18.3 Å². The number of carbonyl (C=O) groups excluding carboxylic acids is 1. The Balaban J connectivity index is 1.79. The molecular weight excluding hydrogens is 276 g/mol. The molecule has 0 aliphatic heterocycles. The molecule has 0 aliphatic rings. The number of rotatable bonds is 7. The minimum atomic E-state index is -0.0687. The average Bonchev–Trinajstić information content (AvgIpc) is 2.55. The Kier molecular flexibility index (Phi) is 5.98. The number of aryl methyl sites for hydroxylation is 1. The van der Waals surface area contributed by atoms with Crippen LogP contribution in [0.25, 0.3) is 0 Å². The van der Waals surface area contributed by atoms with Crippen LogP contribution in [-0.2, 0) is 17.8 Å². The van der Waals surface area contributed by atoms with Crippen molar-refractivity contribution >= 4 is 11.6 Å². The number of hydrogen-bond acceptors (Lipinski definition) is 3. The summed E-state index contributed by atoms with van der Waals surface area (Å²) in [6.45, 7) is 2.91. The van der Waals surface area contributed by atoms with Crippen molar-refractivity contribution in [2.75, 3.05) is 11.9 Å². The highest BCUT2D eigenvalue weighted by Gasteiger charge is 2.04. The molecule has 0 fully saturated rings. The van der Waals surface area contributed by atoms with Crippen LogP contribution in [0.4, 0.5) is 5.69 Å². The van der Waals surface area contributed by atoms with Gasteiger partial charge in [-0.15, -0.1) is 0 Å². The highest BCUT2D eigenvalue weighted by Crippen LogP contribution is 2.14. The molecule has 0 saturated carbocycles.